The summed E-state index contributed by atoms with van der Waals surface area (Å²) in [5.41, 5.74) is 4.72. The number of benzene rings is 1. The Morgan fingerprint density at radius 2 is 2.08 bits per heavy atom. The van der Waals surface area contributed by atoms with Gasteiger partial charge in [-0.2, -0.15) is 0 Å². The molecule has 0 saturated carbocycles. The van der Waals surface area contributed by atoms with Gasteiger partial charge in [-0.1, -0.05) is 6.07 Å². The number of nitro benzene ring substituents is 1. The average Bonchev–Trinajstić information content (AvgIpc) is 1.94. The Morgan fingerprint density at radius 1 is 1.50 bits per heavy atom. The minimum absolute atomic E-state index is 0. The van der Waals surface area contributed by atoms with E-state index in [1.54, 1.807) is 0 Å². The molecule has 0 aromatic heterocycles. The molecule has 3 N–H and O–H groups in total. The van der Waals surface area contributed by atoms with Crippen molar-refractivity contribution in [3.63, 3.8) is 0 Å². The van der Waals surface area contributed by atoms with E-state index in [0.717, 1.165) is 0 Å². The van der Waals surface area contributed by atoms with Gasteiger partial charge in [0.05, 0.1) is 4.92 Å². The van der Waals surface area contributed by atoms with E-state index in [4.69, 9.17) is 10.8 Å². The number of nitro groups is 1. The number of para-hydroxylation sites is 1. The summed E-state index contributed by atoms with van der Waals surface area (Å²) in [6, 6.07) is 3.89. The average molecular weight is 177 g/mol. The zero-order valence-corrected chi connectivity index (χ0v) is 8.52. The van der Waals surface area contributed by atoms with Crippen LogP contribution in [0.3, 0.4) is 0 Å². The van der Waals surface area contributed by atoms with Crippen molar-refractivity contribution in [3.8, 4) is 5.75 Å². The number of hydrogen-bond donors (Lipinski definition) is 2. The quantitative estimate of drug-likeness (QED) is 0.215. The second-order valence-corrected chi connectivity index (χ2v) is 1.97. The van der Waals surface area contributed by atoms with Gasteiger partial charge in [0.25, 0.3) is 5.69 Å². The van der Waals surface area contributed by atoms with Crippen LogP contribution in [-0.4, -0.2) is 39.6 Å². The molecule has 0 aliphatic carbocycles. The predicted octanol–water partition coefficient (Wildman–Crippen LogP) is 0.502. The van der Waals surface area contributed by atoms with E-state index >= 15 is 0 Å². The second-order valence-electron chi connectivity index (χ2n) is 1.97. The Kier molecular flexibility index (Phi) is 4.02. The maximum Gasteiger partial charge on any atom is 0.295 e. The fourth-order valence-corrected chi connectivity index (χ4v) is 0.700. The van der Waals surface area contributed by atoms with Crippen molar-refractivity contribution in [1.82, 2.24) is 0 Å². The zero-order chi connectivity index (χ0) is 8.43. The van der Waals surface area contributed by atoms with Gasteiger partial charge in [-0.15, -0.1) is 0 Å². The Labute approximate surface area is 90.6 Å². The third-order valence-electron chi connectivity index (χ3n) is 1.26. The van der Waals surface area contributed by atoms with Crippen LogP contribution in [0.25, 0.3) is 0 Å². The number of nitrogens with two attached hydrogens (primary N) is 1. The number of aromatic hydroxyl groups is 1. The van der Waals surface area contributed by atoms with Gasteiger partial charge in [-0.05, 0) is 6.07 Å². The van der Waals surface area contributed by atoms with Crippen LogP contribution in [0.4, 0.5) is 11.4 Å². The topological polar surface area (TPSA) is 89.4 Å². The van der Waals surface area contributed by atoms with E-state index in [-0.39, 0.29) is 46.7 Å². The van der Waals surface area contributed by atoms with Crippen LogP contribution < -0.4 is 5.73 Å². The van der Waals surface area contributed by atoms with E-state index in [9.17, 15) is 10.1 Å². The van der Waals surface area contributed by atoms with Crippen molar-refractivity contribution in [1.29, 1.82) is 0 Å². The van der Waals surface area contributed by atoms with Gasteiger partial charge in [-0.3, -0.25) is 10.1 Å². The zero-order valence-electron chi connectivity index (χ0n) is 6.52. The summed E-state index contributed by atoms with van der Waals surface area (Å²) < 4.78 is 0. The number of phenols is 1. The van der Waals surface area contributed by atoms with Gasteiger partial charge in [0.15, 0.2) is 5.69 Å². The first-order chi connectivity index (χ1) is 5.13. The van der Waals surface area contributed by atoms with Crippen LogP contribution in [0, 0.1) is 10.1 Å². The molecule has 0 aliphatic rings. The van der Waals surface area contributed by atoms with Crippen molar-refractivity contribution < 1.29 is 10.0 Å². The summed E-state index contributed by atoms with van der Waals surface area (Å²) in [5, 5.41) is 19.1. The third-order valence-corrected chi connectivity index (χ3v) is 1.26. The monoisotopic (exact) mass is 177 g/mol. The van der Waals surface area contributed by atoms with Crippen molar-refractivity contribution in [2.75, 3.05) is 5.73 Å². The molecular formula is C6H6N2NaO3. The Morgan fingerprint density at radius 3 is 2.50 bits per heavy atom. The molecule has 0 saturated heterocycles. The number of nitrogen functional groups attached to an aromatic ring is 1. The molecule has 0 fully saturated rings. The van der Waals surface area contributed by atoms with E-state index in [1.165, 1.54) is 18.2 Å². The molecule has 59 valence electrons. The minimum atomic E-state index is -0.644. The van der Waals surface area contributed by atoms with Crippen LogP contribution in [0.5, 0.6) is 5.75 Å². The number of anilines is 1. The van der Waals surface area contributed by atoms with Gasteiger partial charge in [0.1, 0.15) is 5.75 Å². The van der Waals surface area contributed by atoms with Gasteiger partial charge in [-0.25, -0.2) is 0 Å². The fourth-order valence-electron chi connectivity index (χ4n) is 0.700. The molecule has 0 heterocycles. The largest absolute Gasteiger partial charge is 0.506 e. The maximum atomic E-state index is 10.2. The maximum absolute atomic E-state index is 10.2. The fraction of sp³-hybridized carbons (Fsp3) is 0. The molecule has 1 aromatic carbocycles. The normalized spacial score (nSPS) is 8.67. The SMILES string of the molecule is Nc1c(O)cccc1[N+](=O)[O-].[Na]. The summed E-state index contributed by atoms with van der Waals surface area (Å²) >= 11 is 0. The van der Waals surface area contributed by atoms with Gasteiger partial charge in [0.2, 0.25) is 0 Å². The molecule has 0 spiro atoms. The van der Waals surface area contributed by atoms with E-state index in [2.05, 4.69) is 0 Å². The number of hydrogen-bond acceptors (Lipinski definition) is 4. The summed E-state index contributed by atoms with van der Waals surface area (Å²) in [5.74, 6) is -0.265. The molecule has 1 aromatic rings. The Balaban J connectivity index is 0.00000121. The molecule has 6 heteroatoms. The van der Waals surface area contributed by atoms with Crippen LogP contribution in [0.15, 0.2) is 18.2 Å². The van der Waals surface area contributed by atoms with Crippen molar-refractivity contribution >= 4 is 40.9 Å². The van der Waals surface area contributed by atoms with E-state index in [1.807, 2.05) is 0 Å². The van der Waals surface area contributed by atoms with E-state index < -0.39 is 4.92 Å². The number of nitrogens with zero attached hydrogens (tertiary/aromatic N) is 1. The molecule has 12 heavy (non-hydrogen) atoms. The first-order valence-electron chi connectivity index (χ1n) is 2.85. The van der Waals surface area contributed by atoms with Crippen molar-refractivity contribution in [2.24, 2.45) is 0 Å². The van der Waals surface area contributed by atoms with Gasteiger partial charge < -0.3 is 10.8 Å². The summed E-state index contributed by atoms with van der Waals surface area (Å²) in [6.07, 6.45) is 0. The van der Waals surface area contributed by atoms with Crippen LogP contribution in [-0.2, 0) is 0 Å². The minimum Gasteiger partial charge on any atom is -0.506 e. The first kappa shape index (κ1) is 11.2. The van der Waals surface area contributed by atoms with Crippen LogP contribution in [0.1, 0.15) is 0 Å². The van der Waals surface area contributed by atoms with Gasteiger partial charge >= 0.3 is 0 Å². The first-order valence-corrected chi connectivity index (χ1v) is 2.85. The molecule has 0 atom stereocenters. The molecule has 5 nitrogen and oxygen atoms in total. The Bertz CT molecular complexity index is 303. The molecule has 0 amide bonds. The molecule has 0 unspecified atom stereocenters. The summed E-state index contributed by atoms with van der Waals surface area (Å²) in [7, 11) is 0. The number of phenolic OH excluding ortho intramolecular Hbond substituents is 1. The summed E-state index contributed by atoms with van der Waals surface area (Å²) in [4.78, 5) is 9.54. The van der Waals surface area contributed by atoms with Crippen molar-refractivity contribution in [3.05, 3.63) is 28.3 Å². The third kappa shape index (κ3) is 2.10. The molecule has 0 aliphatic heterocycles. The van der Waals surface area contributed by atoms with E-state index in [0.29, 0.717) is 0 Å². The van der Waals surface area contributed by atoms with Crippen LogP contribution >= 0.6 is 0 Å². The van der Waals surface area contributed by atoms with Crippen LogP contribution in [0.2, 0.25) is 0 Å². The predicted molar refractivity (Wildman–Crippen MR) is 44.9 cm³/mol. The Hall–Kier alpha value is -0.780. The summed E-state index contributed by atoms with van der Waals surface area (Å²) in [6.45, 7) is 0. The molecular weight excluding hydrogens is 171 g/mol. The standard InChI is InChI=1S/C6H6N2O3.Na/c7-6-4(8(10)11)2-1-3-5(6)9;/h1-3,9H,7H2;. The molecule has 0 bridgehead atoms. The molecule has 1 rings (SSSR count). The smallest absolute Gasteiger partial charge is 0.295 e. The van der Waals surface area contributed by atoms with Gasteiger partial charge in [0, 0.05) is 35.6 Å². The van der Waals surface area contributed by atoms with Crippen molar-refractivity contribution in [2.45, 2.75) is 0 Å². The second kappa shape index (κ2) is 4.30. The number of rotatable bonds is 1. The molecule has 1 radical (unpaired) electrons.